The Labute approximate surface area is 732 Å². The van der Waals surface area contributed by atoms with Gasteiger partial charge in [0.1, 0.15) is 11.8 Å². The number of imidazole rings is 2. The number of carbonyl (C=O) groups excluding carboxylic acids is 15. The van der Waals surface area contributed by atoms with E-state index in [1.807, 2.05) is 13.8 Å². The number of nitrogens with one attached hydrogen (secondary N) is 8. The average molecular weight is 1750 g/mol. The summed E-state index contributed by atoms with van der Waals surface area (Å²) >= 11 is 0. The highest BCUT2D eigenvalue weighted by molar-refractivity contribution is 6.00. The molecular formula is C88H153N19O17. The van der Waals surface area contributed by atoms with Crippen molar-refractivity contribution in [1.29, 1.82) is 0 Å². The minimum Gasteiger partial charge on any atom is -0.394 e. The number of H-pyrrole nitrogens is 2. The second-order valence-corrected chi connectivity index (χ2v) is 33.9. The molecule has 2 heterocycles. The fourth-order valence-corrected chi connectivity index (χ4v) is 15.1. The van der Waals surface area contributed by atoms with Gasteiger partial charge in [-0.1, -0.05) is 117 Å². The predicted molar refractivity (Wildman–Crippen MR) is 472 cm³/mol. The summed E-state index contributed by atoms with van der Waals surface area (Å²) in [6, 6.07) is -6.59. The van der Waals surface area contributed by atoms with Gasteiger partial charge in [0, 0.05) is 125 Å². The molecule has 0 spiro atoms. The molecule has 0 bridgehead atoms. The van der Waals surface area contributed by atoms with Gasteiger partial charge in [-0.3, -0.25) is 76.9 Å². The SMILES string of the molecule is CCCCCCCCCCCCCCCC(=O)C[C@@H](Cc1cnc[nH]1)C(=O)N[C@@H](CO)C(=O)C[C@@H](CCCCN)C(=O)NCC(=O)C[C@@H](Cc1cnc[nH]1)C(=O)N[C@@H](CCC(N)=O)C(=O)C[C@@H](CCCCN)C(=O)N[C@@H](CCCN=C(N)N)C(=O)C[C@@H](CCCCN)C(=O)N[C@@H](C)C(=O)C[C@@H](CC(C)C)C(=O)N[C@@H](CCCCN)C(=O)C[C@H](C(N)=O)[C@@H](C)O. The maximum Gasteiger partial charge on any atom is 0.224 e. The number of nitrogens with zero attached hydrogens (tertiary/aromatic N) is 3. The number of aromatic nitrogens is 4. The van der Waals surface area contributed by atoms with Crippen molar-refractivity contribution in [3.05, 3.63) is 36.4 Å². The van der Waals surface area contributed by atoms with Crippen LogP contribution in [0.3, 0.4) is 0 Å². The van der Waals surface area contributed by atoms with Gasteiger partial charge < -0.3 is 98.0 Å². The number of aliphatic hydroxyl groups is 2. The highest BCUT2D eigenvalue weighted by atomic mass is 16.3. The number of carbonyl (C=O) groups is 15. The molecule has 124 heavy (non-hydrogen) atoms. The number of aromatic amines is 2. The fraction of sp³-hybridized carbons (Fsp3) is 0.750. The topological polar surface area (TPSA) is 647 Å². The van der Waals surface area contributed by atoms with Gasteiger partial charge in [0.05, 0.1) is 73.8 Å². The van der Waals surface area contributed by atoms with Crippen LogP contribution in [-0.2, 0) is 84.8 Å². The quantitative estimate of drug-likeness (QED) is 0.0255. The molecule has 0 saturated heterocycles. The lowest BCUT2D eigenvalue weighted by Crippen LogP contribution is -2.49. The summed E-state index contributed by atoms with van der Waals surface area (Å²) < 4.78 is 0. The van der Waals surface area contributed by atoms with Crippen LogP contribution in [0.1, 0.15) is 290 Å². The first-order valence-corrected chi connectivity index (χ1v) is 45.4. The van der Waals surface area contributed by atoms with Gasteiger partial charge in [0.15, 0.2) is 40.7 Å². The van der Waals surface area contributed by atoms with Gasteiger partial charge >= 0.3 is 0 Å². The minimum atomic E-state index is -1.49. The normalized spacial score (nSPS) is 14.6. The highest BCUT2D eigenvalue weighted by Gasteiger charge is 2.38. The zero-order valence-corrected chi connectivity index (χ0v) is 74.6. The summed E-state index contributed by atoms with van der Waals surface area (Å²) in [6.45, 7) is 8.20. The number of guanidine groups is 1. The van der Waals surface area contributed by atoms with Crippen molar-refractivity contribution < 1.29 is 82.1 Å². The molecule has 8 amide bonds. The van der Waals surface area contributed by atoms with Gasteiger partial charge in [0.25, 0.3) is 0 Å². The van der Waals surface area contributed by atoms with Gasteiger partial charge in [-0.05, 0) is 136 Å². The number of rotatable bonds is 78. The Balaban J connectivity index is 2.41. The lowest BCUT2D eigenvalue weighted by Gasteiger charge is -2.26. The third-order valence-electron chi connectivity index (χ3n) is 22.6. The van der Waals surface area contributed by atoms with Gasteiger partial charge in [-0.15, -0.1) is 0 Å². The van der Waals surface area contributed by atoms with Crippen molar-refractivity contribution >= 4 is 93.7 Å². The smallest absolute Gasteiger partial charge is 0.224 e. The first-order valence-electron chi connectivity index (χ1n) is 45.4. The van der Waals surface area contributed by atoms with Crippen molar-refractivity contribution in [2.45, 2.75) is 328 Å². The maximum atomic E-state index is 14.9. The van der Waals surface area contributed by atoms with Crippen molar-refractivity contribution in [3.63, 3.8) is 0 Å². The second-order valence-electron chi connectivity index (χ2n) is 33.9. The number of hydrogen-bond acceptors (Lipinski definition) is 24. The summed E-state index contributed by atoms with van der Waals surface area (Å²) in [7, 11) is 0. The van der Waals surface area contributed by atoms with E-state index in [0.717, 1.165) is 25.7 Å². The van der Waals surface area contributed by atoms with E-state index in [9.17, 15) is 82.1 Å². The summed E-state index contributed by atoms with van der Waals surface area (Å²) in [4.78, 5) is 228. The van der Waals surface area contributed by atoms with Crippen LogP contribution in [0.15, 0.2) is 30.0 Å². The predicted octanol–water partition coefficient (Wildman–Crippen LogP) is 3.73. The summed E-state index contributed by atoms with van der Waals surface area (Å²) in [5.74, 6) is -18.1. The Morgan fingerprint density at radius 3 is 1.22 bits per heavy atom. The molecule has 0 unspecified atom stereocenters. The molecular weight excluding hydrogens is 1600 g/mol. The largest absolute Gasteiger partial charge is 0.394 e. The summed E-state index contributed by atoms with van der Waals surface area (Å²) in [5, 5.41) is 37.0. The van der Waals surface area contributed by atoms with E-state index < -0.39 is 211 Å². The van der Waals surface area contributed by atoms with E-state index in [2.05, 4.69) is 63.8 Å². The monoisotopic (exact) mass is 1750 g/mol. The van der Waals surface area contributed by atoms with Crippen molar-refractivity contribution in [2.24, 2.45) is 98.2 Å². The number of ketones is 7. The molecule has 0 radical (unpaired) electrons. The molecule has 26 N–H and O–H groups in total. The molecule has 2 aromatic rings. The van der Waals surface area contributed by atoms with Crippen molar-refractivity contribution in [3.8, 4) is 0 Å². The van der Waals surface area contributed by atoms with Gasteiger partial charge in [0.2, 0.25) is 47.3 Å². The summed E-state index contributed by atoms with van der Waals surface area (Å²) in [6.07, 6.45) is 19.8. The molecule has 0 aliphatic rings. The maximum absolute atomic E-state index is 14.9. The Morgan fingerprint density at radius 2 is 0.798 bits per heavy atom. The van der Waals surface area contributed by atoms with Crippen LogP contribution >= 0.6 is 0 Å². The number of unbranched alkanes of at least 4 members (excludes halogenated alkanes) is 16. The molecule has 0 fully saturated rings. The number of primary amides is 2. The number of hydrogen-bond donors (Lipinski definition) is 18. The average Bonchev–Trinajstić information content (AvgIpc) is 0.880. The molecule has 0 saturated carbocycles. The Hall–Kier alpha value is -9.10. The molecule has 0 aliphatic heterocycles. The van der Waals surface area contributed by atoms with E-state index in [1.54, 1.807) is 0 Å². The van der Waals surface area contributed by atoms with Crippen LogP contribution in [0.5, 0.6) is 0 Å². The number of amides is 8. The minimum absolute atomic E-state index is 0.0128. The third kappa shape index (κ3) is 48.4. The number of nitrogens with two attached hydrogens (primary N) is 8. The molecule has 0 aliphatic carbocycles. The van der Waals surface area contributed by atoms with E-state index in [0.29, 0.717) is 75.7 Å². The molecule has 2 rings (SSSR count). The standard InChI is InChI=1S/C88H153N19O17/c1-6-7-8-9-10-11-12-13-14-15-16-17-18-31-68(110)44-64(42-66-51-97-55-101-66)87(124)107-74(54-108)78(115)46-60(28-19-23-36-89)82(119)100-53-69(111)45-65(43-67-52-98-56-102-67)86(123)106-73(34-35-80(93)117)77(114)48-62(30-21-25-38-91)84(121)104-72(33-27-40-99-88(95)96)76(113)47-61(29-20-24-37-90)83(120)103-58(4)75(112)49-63(41-57(2)3)85(122)105-71(32-22-26-39-92)79(116)50-70(59(5)109)81(94)118/h51-52,55-65,70-74,108-109H,6-50,53-54,89-92H2,1-5H3,(H2,93,117)(H2,94,118)(H,97,101)(H,98,102)(H,100,119)(H,103,120)(H,104,121)(H,105,122)(H,106,123)(H,107,124)(H4,95,96,99)/t58-,59+,60+,61+,62+,63+,64+,65+,70-,71-,72-,73-,74-/m0/s1. The zero-order chi connectivity index (χ0) is 92.3. The number of aliphatic imine (C=N–C) groups is 1. The van der Waals surface area contributed by atoms with Crippen LogP contribution < -0.4 is 77.8 Å². The van der Waals surface area contributed by atoms with Crippen molar-refractivity contribution in [2.75, 3.05) is 45.9 Å². The van der Waals surface area contributed by atoms with Crippen LogP contribution in [0.2, 0.25) is 0 Å². The third-order valence-corrected chi connectivity index (χ3v) is 22.6. The van der Waals surface area contributed by atoms with E-state index in [-0.39, 0.29) is 127 Å². The molecule has 0 aromatic carbocycles. The van der Waals surface area contributed by atoms with E-state index in [1.165, 1.54) is 90.3 Å². The molecule has 36 heteroatoms. The van der Waals surface area contributed by atoms with E-state index in [4.69, 9.17) is 45.9 Å². The van der Waals surface area contributed by atoms with Gasteiger partial charge in [-0.25, -0.2) is 9.97 Å². The lowest BCUT2D eigenvalue weighted by molar-refractivity contribution is -0.136. The summed E-state index contributed by atoms with van der Waals surface area (Å²) in [5.41, 5.74) is 46.7. The van der Waals surface area contributed by atoms with E-state index >= 15 is 0 Å². The van der Waals surface area contributed by atoms with Crippen LogP contribution in [-0.4, -0.2) is 206 Å². The Kier molecular flexibility index (Phi) is 58.6. The first kappa shape index (κ1) is 111. The molecule has 36 nitrogen and oxygen atoms in total. The second kappa shape index (κ2) is 65.5. The van der Waals surface area contributed by atoms with Crippen LogP contribution in [0.25, 0.3) is 0 Å². The Bertz CT molecular complexity index is 3540. The molecule has 702 valence electrons. The van der Waals surface area contributed by atoms with Gasteiger partial charge in [-0.2, -0.15) is 0 Å². The fourth-order valence-electron chi connectivity index (χ4n) is 15.1. The zero-order valence-electron chi connectivity index (χ0n) is 74.6. The van der Waals surface area contributed by atoms with Crippen molar-refractivity contribution in [1.82, 2.24) is 51.8 Å². The Morgan fingerprint density at radius 1 is 0.411 bits per heavy atom. The van der Waals surface area contributed by atoms with Crippen LogP contribution in [0.4, 0.5) is 0 Å². The lowest BCUT2D eigenvalue weighted by atomic mass is 9.88. The number of aliphatic hydroxyl groups excluding tert-OH is 2. The molecule has 13 atom stereocenters. The van der Waals surface area contributed by atoms with Crippen LogP contribution in [0, 0.1) is 47.3 Å². The number of Topliss-reactive ketones (excluding diaryl/α,β-unsaturated/α-hetero) is 7. The highest BCUT2D eigenvalue weighted by Crippen LogP contribution is 2.26. The first-order chi connectivity index (χ1) is 59.2. The molecule has 2 aromatic heterocycles.